The maximum absolute atomic E-state index is 12.5. The van der Waals surface area contributed by atoms with E-state index in [0.29, 0.717) is 19.5 Å². The lowest BCUT2D eigenvalue weighted by Crippen LogP contribution is -2.54. The van der Waals surface area contributed by atoms with E-state index in [9.17, 15) is 16.8 Å². The highest BCUT2D eigenvalue weighted by atomic mass is 32.2. The molecule has 0 bridgehead atoms. The van der Waals surface area contributed by atoms with E-state index in [4.69, 9.17) is 5.73 Å². The standard InChI is InChI=1S/C15H25N3O4S2/c1-15(2)12-18(10-8-14(15)16)23(19,20)11-9-17-24(21,22)13-6-4-3-5-7-13/h3-7,14,17H,8-12,16H2,1-2H3. The predicted octanol–water partition coefficient (Wildman–Crippen LogP) is 0.354. The highest BCUT2D eigenvalue weighted by Crippen LogP contribution is 2.29. The molecule has 1 unspecified atom stereocenters. The molecule has 7 nitrogen and oxygen atoms in total. The van der Waals surface area contributed by atoms with Gasteiger partial charge in [-0.05, 0) is 24.0 Å². The molecule has 3 N–H and O–H groups in total. The number of benzene rings is 1. The van der Waals surface area contributed by atoms with Gasteiger partial charge in [-0.15, -0.1) is 0 Å². The maximum Gasteiger partial charge on any atom is 0.240 e. The molecule has 1 saturated heterocycles. The summed E-state index contributed by atoms with van der Waals surface area (Å²) in [4.78, 5) is 0.118. The Morgan fingerprint density at radius 2 is 1.83 bits per heavy atom. The van der Waals surface area contributed by atoms with Gasteiger partial charge in [0.25, 0.3) is 0 Å². The number of hydrogen-bond acceptors (Lipinski definition) is 5. The van der Waals surface area contributed by atoms with E-state index in [0.717, 1.165) is 0 Å². The minimum Gasteiger partial charge on any atom is -0.327 e. The molecule has 1 aliphatic heterocycles. The monoisotopic (exact) mass is 375 g/mol. The van der Waals surface area contributed by atoms with Crippen LogP contribution in [0.25, 0.3) is 0 Å². The number of nitrogens with one attached hydrogen (secondary N) is 1. The van der Waals surface area contributed by atoms with Crippen molar-refractivity contribution < 1.29 is 16.8 Å². The van der Waals surface area contributed by atoms with Gasteiger partial charge in [-0.3, -0.25) is 0 Å². The van der Waals surface area contributed by atoms with Crippen LogP contribution < -0.4 is 10.5 Å². The quantitative estimate of drug-likeness (QED) is 0.746. The number of rotatable bonds is 6. The average Bonchev–Trinajstić information content (AvgIpc) is 2.50. The summed E-state index contributed by atoms with van der Waals surface area (Å²) in [5.74, 6) is -0.273. The molecule has 136 valence electrons. The predicted molar refractivity (Wildman–Crippen MR) is 93.4 cm³/mol. The van der Waals surface area contributed by atoms with Gasteiger partial charge in [0.15, 0.2) is 0 Å². The Bertz CT molecular complexity index is 761. The number of hydrogen-bond donors (Lipinski definition) is 2. The molecular formula is C15H25N3O4S2. The Morgan fingerprint density at radius 1 is 1.21 bits per heavy atom. The van der Waals surface area contributed by atoms with Crippen molar-refractivity contribution in [1.29, 1.82) is 0 Å². The Morgan fingerprint density at radius 3 is 2.42 bits per heavy atom. The first-order valence-corrected chi connectivity index (χ1v) is 10.9. The molecule has 0 saturated carbocycles. The Hall–Kier alpha value is -1.00. The third-order valence-electron chi connectivity index (χ3n) is 4.38. The highest BCUT2D eigenvalue weighted by Gasteiger charge is 2.38. The average molecular weight is 376 g/mol. The zero-order valence-electron chi connectivity index (χ0n) is 14.0. The fourth-order valence-corrected chi connectivity index (χ4v) is 5.39. The topological polar surface area (TPSA) is 110 Å². The second-order valence-electron chi connectivity index (χ2n) is 6.74. The second kappa shape index (κ2) is 7.09. The van der Waals surface area contributed by atoms with Crippen LogP contribution in [0.2, 0.25) is 0 Å². The van der Waals surface area contributed by atoms with E-state index in [2.05, 4.69) is 4.72 Å². The number of nitrogens with zero attached hydrogens (tertiary/aromatic N) is 1. The minimum absolute atomic E-state index is 0.0412. The van der Waals surface area contributed by atoms with Crippen molar-refractivity contribution in [2.45, 2.75) is 31.2 Å². The highest BCUT2D eigenvalue weighted by molar-refractivity contribution is 7.90. The first kappa shape index (κ1) is 19.3. The zero-order chi connectivity index (χ0) is 18.0. The molecule has 1 aromatic carbocycles. The van der Waals surface area contributed by atoms with Crippen LogP contribution in [0.15, 0.2) is 35.2 Å². The molecule has 2 rings (SSSR count). The summed E-state index contributed by atoms with van der Waals surface area (Å²) in [5.41, 5.74) is 5.73. The van der Waals surface area contributed by atoms with Crippen LogP contribution in [0.3, 0.4) is 0 Å². The SMILES string of the molecule is CC1(C)CN(S(=O)(=O)CCNS(=O)(=O)c2ccccc2)CCC1N. The van der Waals surface area contributed by atoms with Crippen molar-refractivity contribution >= 4 is 20.0 Å². The van der Waals surface area contributed by atoms with Crippen LogP contribution >= 0.6 is 0 Å². The van der Waals surface area contributed by atoms with Gasteiger partial charge in [-0.25, -0.2) is 25.9 Å². The normalized spacial score (nSPS) is 22.4. The Kier molecular flexibility index (Phi) is 5.71. The van der Waals surface area contributed by atoms with E-state index in [1.54, 1.807) is 18.2 Å². The lowest BCUT2D eigenvalue weighted by molar-refractivity contribution is 0.155. The molecule has 0 aromatic heterocycles. The molecule has 0 amide bonds. The minimum atomic E-state index is -3.70. The molecular weight excluding hydrogens is 350 g/mol. The van der Waals surface area contributed by atoms with E-state index >= 15 is 0 Å². The van der Waals surface area contributed by atoms with E-state index in [-0.39, 0.29) is 28.6 Å². The summed E-state index contributed by atoms with van der Waals surface area (Å²) >= 11 is 0. The fraction of sp³-hybridized carbons (Fsp3) is 0.600. The van der Waals surface area contributed by atoms with Gasteiger partial charge in [0, 0.05) is 25.7 Å². The second-order valence-corrected chi connectivity index (χ2v) is 10.6. The van der Waals surface area contributed by atoms with Crippen molar-refractivity contribution in [2.24, 2.45) is 11.1 Å². The lowest BCUT2D eigenvalue weighted by Gasteiger charge is -2.41. The summed E-state index contributed by atoms with van der Waals surface area (Å²) in [5, 5.41) is 0. The summed E-state index contributed by atoms with van der Waals surface area (Å²) in [6, 6.07) is 7.83. The number of piperidine rings is 1. The Balaban J connectivity index is 1.96. The van der Waals surface area contributed by atoms with Gasteiger partial charge in [0.2, 0.25) is 20.0 Å². The van der Waals surface area contributed by atoms with Gasteiger partial charge >= 0.3 is 0 Å². The smallest absolute Gasteiger partial charge is 0.240 e. The molecule has 0 aliphatic carbocycles. The molecule has 1 atom stereocenters. The van der Waals surface area contributed by atoms with Gasteiger partial charge in [-0.2, -0.15) is 0 Å². The van der Waals surface area contributed by atoms with Gasteiger partial charge in [0.1, 0.15) is 0 Å². The van der Waals surface area contributed by atoms with Crippen LogP contribution in [0.4, 0.5) is 0 Å². The third-order valence-corrected chi connectivity index (χ3v) is 7.67. The summed E-state index contributed by atoms with van der Waals surface area (Å²) in [7, 11) is -7.23. The molecule has 9 heteroatoms. The number of sulfonamides is 2. The van der Waals surface area contributed by atoms with Crippen molar-refractivity contribution in [3.8, 4) is 0 Å². The van der Waals surface area contributed by atoms with Crippen LogP contribution in [-0.4, -0.2) is 52.6 Å². The van der Waals surface area contributed by atoms with Gasteiger partial charge in [0.05, 0.1) is 10.6 Å². The van der Waals surface area contributed by atoms with Crippen LogP contribution in [0.1, 0.15) is 20.3 Å². The first-order chi connectivity index (χ1) is 11.0. The van der Waals surface area contributed by atoms with Gasteiger partial charge < -0.3 is 5.73 Å². The number of nitrogens with two attached hydrogens (primary N) is 1. The summed E-state index contributed by atoms with van der Waals surface area (Å²) in [6.07, 6.45) is 0.599. The van der Waals surface area contributed by atoms with E-state index in [1.165, 1.54) is 16.4 Å². The first-order valence-electron chi connectivity index (χ1n) is 7.83. The van der Waals surface area contributed by atoms with Crippen LogP contribution in [0.5, 0.6) is 0 Å². The van der Waals surface area contributed by atoms with Crippen LogP contribution in [-0.2, 0) is 20.0 Å². The fourth-order valence-electron chi connectivity index (χ4n) is 2.68. The molecule has 1 fully saturated rings. The Labute approximate surface area is 144 Å². The van der Waals surface area contributed by atoms with Crippen molar-refractivity contribution in [3.63, 3.8) is 0 Å². The molecule has 0 radical (unpaired) electrons. The lowest BCUT2D eigenvalue weighted by atomic mass is 9.81. The summed E-state index contributed by atoms with van der Waals surface area (Å²) in [6.45, 7) is 4.44. The van der Waals surface area contributed by atoms with Crippen molar-refractivity contribution in [2.75, 3.05) is 25.4 Å². The molecule has 0 spiro atoms. The van der Waals surface area contributed by atoms with Crippen LogP contribution in [0, 0.1) is 5.41 Å². The van der Waals surface area contributed by atoms with Gasteiger partial charge in [-0.1, -0.05) is 32.0 Å². The van der Waals surface area contributed by atoms with Crippen molar-refractivity contribution in [1.82, 2.24) is 9.03 Å². The van der Waals surface area contributed by atoms with Crippen molar-refractivity contribution in [3.05, 3.63) is 30.3 Å². The molecule has 1 aliphatic rings. The summed E-state index contributed by atoms with van der Waals surface area (Å²) < 4.78 is 52.9. The zero-order valence-corrected chi connectivity index (χ0v) is 15.6. The van der Waals surface area contributed by atoms with E-state index in [1.807, 2.05) is 13.8 Å². The molecule has 24 heavy (non-hydrogen) atoms. The largest absolute Gasteiger partial charge is 0.327 e. The van der Waals surface area contributed by atoms with E-state index < -0.39 is 20.0 Å². The maximum atomic E-state index is 12.5. The molecule has 1 aromatic rings. The molecule has 1 heterocycles. The third kappa shape index (κ3) is 4.54.